The summed E-state index contributed by atoms with van der Waals surface area (Å²) >= 11 is 4.36. The maximum Gasteiger partial charge on any atom is 0.228 e. The molecule has 19 heavy (non-hydrogen) atoms. The number of hydrogen-bond acceptors (Lipinski definition) is 5. The molecular weight excluding hydrogens is 262 g/mol. The third-order valence-corrected chi connectivity index (χ3v) is 3.39. The first-order valence-corrected chi connectivity index (χ1v) is 6.54. The van der Waals surface area contributed by atoms with Gasteiger partial charge < -0.3 is 9.42 Å². The Balaban J connectivity index is 1.94. The molecule has 1 aromatic carbocycles. The second-order valence-electron chi connectivity index (χ2n) is 4.55. The van der Waals surface area contributed by atoms with Crippen LogP contribution in [0.4, 0.5) is 5.69 Å². The lowest BCUT2D eigenvalue weighted by molar-refractivity contribution is -0.117. The van der Waals surface area contributed by atoms with Gasteiger partial charge in [0.15, 0.2) is 0 Å². The summed E-state index contributed by atoms with van der Waals surface area (Å²) in [7, 11) is 0. The van der Waals surface area contributed by atoms with Crippen LogP contribution in [0.15, 0.2) is 28.8 Å². The molecule has 0 N–H and O–H groups in total. The number of thiol groups is 1. The van der Waals surface area contributed by atoms with Gasteiger partial charge in [0.05, 0.1) is 0 Å². The second kappa shape index (κ2) is 4.70. The minimum Gasteiger partial charge on any atom is -0.339 e. The van der Waals surface area contributed by atoms with Crippen molar-refractivity contribution in [3.05, 3.63) is 30.2 Å². The van der Waals surface area contributed by atoms with E-state index >= 15 is 0 Å². The molecule has 1 aliphatic rings. The fourth-order valence-corrected chi connectivity index (χ4v) is 2.49. The average molecular weight is 275 g/mol. The minimum absolute atomic E-state index is 0.0986. The number of benzene rings is 1. The third kappa shape index (κ3) is 2.35. The summed E-state index contributed by atoms with van der Waals surface area (Å²) in [5, 5.41) is 3.98. The van der Waals surface area contributed by atoms with Crippen molar-refractivity contribution in [2.75, 3.05) is 11.4 Å². The lowest BCUT2D eigenvalue weighted by atomic mass is 10.2. The predicted octanol–water partition coefficient (Wildman–Crippen LogP) is 2.08. The molecule has 5 nitrogen and oxygen atoms in total. The van der Waals surface area contributed by atoms with Gasteiger partial charge in [0.2, 0.25) is 17.6 Å². The van der Waals surface area contributed by atoms with E-state index in [4.69, 9.17) is 4.52 Å². The summed E-state index contributed by atoms with van der Waals surface area (Å²) in [5.74, 6) is 1.16. The molecule has 0 radical (unpaired) electrons. The molecule has 1 aliphatic heterocycles. The van der Waals surface area contributed by atoms with E-state index in [9.17, 15) is 4.79 Å². The number of amides is 1. The molecule has 6 heteroatoms. The third-order valence-electron chi connectivity index (χ3n) is 3.05. The van der Waals surface area contributed by atoms with Crippen molar-refractivity contribution in [2.24, 2.45) is 0 Å². The van der Waals surface area contributed by atoms with E-state index in [1.807, 2.05) is 24.3 Å². The molecule has 2 aromatic rings. The number of aromatic nitrogens is 2. The van der Waals surface area contributed by atoms with Crippen LogP contribution in [0.2, 0.25) is 0 Å². The molecule has 3 rings (SSSR count). The minimum atomic E-state index is 0.0986. The zero-order valence-electron chi connectivity index (χ0n) is 10.4. The van der Waals surface area contributed by atoms with Gasteiger partial charge in [-0.15, -0.1) is 0 Å². The van der Waals surface area contributed by atoms with Gasteiger partial charge in [-0.05, 0) is 12.1 Å². The van der Waals surface area contributed by atoms with Crippen molar-refractivity contribution in [1.82, 2.24) is 10.1 Å². The monoisotopic (exact) mass is 275 g/mol. The van der Waals surface area contributed by atoms with E-state index < -0.39 is 0 Å². The Labute approximate surface area is 116 Å². The fraction of sp³-hybridized carbons (Fsp3) is 0.308. The smallest absolute Gasteiger partial charge is 0.228 e. The SMILES string of the molecule is Cc1nc(-c2cccc(N3CC(S)CC3=O)c2)no1. The Morgan fingerprint density at radius 3 is 2.95 bits per heavy atom. The number of nitrogens with zero attached hydrogens (tertiary/aromatic N) is 3. The predicted molar refractivity (Wildman–Crippen MR) is 74.2 cm³/mol. The van der Waals surface area contributed by atoms with E-state index in [0.29, 0.717) is 24.7 Å². The molecule has 98 valence electrons. The van der Waals surface area contributed by atoms with Gasteiger partial charge in [0.25, 0.3) is 0 Å². The molecule has 0 aliphatic carbocycles. The van der Waals surface area contributed by atoms with Crippen molar-refractivity contribution in [1.29, 1.82) is 0 Å². The van der Waals surface area contributed by atoms with Crippen LogP contribution in [0, 0.1) is 6.92 Å². The van der Waals surface area contributed by atoms with Gasteiger partial charge in [-0.2, -0.15) is 17.6 Å². The highest BCUT2D eigenvalue weighted by Gasteiger charge is 2.28. The Bertz CT molecular complexity index is 626. The van der Waals surface area contributed by atoms with E-state index in [1.165, 1.54) is 0 Å². The molecular formula is C13H13N3O2S. The van der Waals surface area contributed by atoms with Crippen LogP contribution >= 0.6 is 12.6 Å². The molecule has 1 fully saturated rings. The summed E-state index contributed by atoms with van der Waals surface area (Å²) in [6.45, 7) is 2.38. The van der Waals surface area contributed by atoms with Crippen LogP contribution < -0.4 is 4.90 Å². The van der Waals surface area contributed by atoms with Crippen molar-refractivity contribution >= 4 is 24.2 Å². The van der Waals surface area contributed by atoms with Crippen LogP contribution in [0.5, 0.6) is 0 Å². The largest absolute Gasteiger partial charge is 0.339 e. The quantitative estimate of drug-likeness (QED) is 0.852. The van der Waals surface area contributed by atoms with Crippen molar-refractivity contribution in [2.45, 2.75) is 18.6 Å². The number of carbonyl (C=O) groups excluding carboxylic acids is 1. The number of aryl methyl sites for hydroxylation is 1. The Morgan fingerprint density at radius 1 is 1.47 bits per heavy atom. The zero-order chi connectivity index (χ0) is 13.4. The molecule has 0 saturated carbocycles. The van der Waals surface area contributed by atoms with Crippen LogP contribution in [0.25, 0.3) is 11.4 Å². The highest BCUT2D eigenvalue weighted by Crippen LogP contribution is 2.27. The second-order valence-corrected chi connectivity index (χ2v) is 5.28. The molecule has 1 atom stereocenters. The van der Waals surface area contributed by atoms with Crippen LogP contribution in [-0.4, -0.2) is 27.8 Å². The summed E-state index contributed by atoms with van der Waals surface area (Å²) in [4.78, 5) is 17.8. The highest BCUT2D eigenvalue weighted by molar-refractivity contribution is 7.81. The number of hydrogen-bond donors (Lipinski definition) is 1. The molecule has 1 aromatic heterocycles. The normalized spacial score (nSPS) is 19.2. The number of carbonyl (C=O) groups is 1. The standard InChI is InChI=1S/C13H13N3O2S/c1-8-14-13(15-18-8)9-3-2-4-10(5-9)16-7-11(19)6-12(16)17/h2-5,11,19H,6-7H2,1H3. The molecule has 0 bridgehead atoms. The summed E-state index contributed by atoms with van der Waals surface area (Å²) in [5.41, 5.74) is 1.69. The first-order chi connectivity index (χ1) is 9.13. The molecule has 1 amide bonds. The van der Waals surface area contributed by atoms with E-state index in [0.717, 1.165) is 11.3 Å². The van der Waals surface area contributed by atoms with Gasteiger partial charge in [0.1, 0.15) is 0 Å². The Hall–Kier alpha value is -1.82. The number of rotatable bonds is 2. The summed E-state index contributed by atoms with van der Waals surface area (Å²) in [6, 6.07) is 7.58. The van der Waals surface area contributed by atoms with Gasteiger partial charge in [-0.25, -0.2) is 0 Å². The van der Waals surface area contributed by atoms with Gasteiger partial charge in [-0.3, -0.25) is 4.79 Å². The van der Waals surface area contributed by atoms with Crippen molar-refractivity contribution < 1.29 is 9.32 Å². The first kappa shape index (κ1) is 12.2. The maximum absolute atomic E-state index is 11.9. The van der Waals surface area contributed by atoms with E-state index in [2.05, 4.69) is 22.8 Å². The fourth-order valence-electron chi connectivity index (χ4n) is 2.17. The molecule has 2 heterocycles. The first-order valence-electron chi connectivity index (χ1n) is 6.02. The van der Waals surface area contributed by atoms with Gasteiger partial charge >= 0.3 is 0 Å². The Kier molecular flexibility index (Phi) is 3.02. The maximum atomic E-state index is 11.9. The lowest BCUT2D eigenvalue weighted by Gasteiger charge is -2.16. The summed E-state index contributed by atoms with van der Waals surface area (Å²) in [6.07, 6.45) is 0.481. The van der Waals surface area contributed by atoms with Crippen LogP contribution in [-0.2, 0) is 4.79 Å². The molecule has 1 unspecified atom stereocenters. The zero-order valence-corrected chi connectivity index (χ0v) is 11.3. The summed E-state index contributed by atoms with van der Waals surface area (Å²) < 4.78 is 4.97. The van der Waals surface area contributed by atoms with E-state index in [1.54, 1.807) is 11.8 Å². The Morgan fingerprint density at radius 2 is 2.32 bits per heavy atom. The highest BCUT2D eigenvalue weighted by atomic mass is 32.1. The van der Waals surface area contributed by atoms with Crippen molar-refractivity contribution in [3.8, 4) is 11.4 Å². The van der Waals surface area contributed by atoms with Gasteiger partial charge in [0, 0.05) is 36.4 Å². The molecule has 0 spiro atoms. The van der Waals surface area contributed by atoms with Crippen LogP contribution in [0.1, 0.15) is 12.3 Å². The lowest BCUT2D eigenvalue weighted by Crippen LogP contribution is -2.24. The average Bonchev–Trinajstić information content (AvgIpc) is 2.96. The topological polar surface area (TPSA) is 59.2 Å². The molecule has 1 saturated heterocycles. The van der Waals surface area contributed by atoms with Crippen LogP contribution in [0.3, 0.4) is 0 Å². The van der Waals surface area contributed by atoms with E-state index in [-0.39, 0.29) is 11.2 Å². The van der Waals surface area contributed by atoms with Gasteiger partial charge in [-0.1, -0.05) is 17.3 Å². The van der Waals surface area contributed by atoms with Crippen molar-refractivity contribution in [3.63, 3.8) is 0 Å². The number of anilines is 1.